The van der Waals surface area contributed by atoms with Gasteiger partial charge in [-0.1, -0.05) is 0 Å². The molecule has 1 rings (SSSR count). The van der Waals surface area contributed by atoms with Crippen LogP contribution in [0.15, 0.2) is 24.3 Å². The molecule has 0 aromatic heterocycles. The highest BCUT2D eigenvalue weighted by Gasteiger charge is 2.09. The normalized spacial score (nSPS) is 10.4. The summed E-state index contributed by atoms with van der Waals surface area (Å²) >= 11 is 0. The zero-order valence-corrected chi connectivity index (χ0v) is 10.6. The van der Waals surface area contributed by atoms with Crippen LogP contribution in [0.2, 0.25) is 0 Å². The fourth-order valence-electron chi connectivity index (χ4n) is 1.74. The maximum atomic E-state index is 13.2. The van der Waals surface area contributed by atoms with Crippen molar-refractivity contribution in [3.8, 4) is 6.07 Å². The largest absolute Gasteiger partial charge is 0.478 e. The second kappa shape index (κ2) is 7.17. The Balaban J connectivity index is 3.10. The Kier molecular flexibility index (Phi) is 5.55. The van der Waals surface area contributed by atoms with E-state index in [0.29, 0.717) is 25.1 Å². The maximum Gasteiger partial charge on any atom is 0.328 e. The van der Waals surface area contributed by atoms with E-state index in [9.17, 15) is 9.18 Å². The lowest BCUT2D eigenvalue weighted by atomic mass is 10.1. The van der Waals surface area contributed by atoms with E-state index in [1.54, 1.807) is 6.07 Å². The van der Waals surface area contributed by atoms with E-state index >= 15 is 0 Å². The molecule has 0 saturated carbocycles. The number of anilines is 1. The minimum atomic E-state index is -1.09. The van der Waals surface area contributed by atoms with E-state index in [4.69, 9.17) is 10.4 Å². The third-order valence-corrected chi connectivity index (χ3v) is 2.61. The van der Waals surface area contributed by atoms with Gasteiger partial charge in [0.25, 0.3) is 0 Å². The molecule has 0 saturated heterocycles. The molecule has 19 heavy (non-hydrogen) atoms. The lowest BCUT2D eigenvalue weighted by Gasteiger charge is -2.24. The van der Waals surface area contributed by atoms with Gasteiger partial charge in [-0.2, -0.15) is 5.26 Å². The second-order valence-corrected chi connectivity index (χ2v) is 3.86. The van der Waals surface area contributed by atoms with Gasteiger partial charge >= 0.3 is 5.97 Å². The van der Waals surface area contributed by atoms with Crippen LogP contribution in [0.25, 0.3) is 6.08 Å². The summed E-state index contributed by atoms with van der Waals surface area (Å²) in [6.45, 7) is 3.10. The van der Waals surface area contributed by atoms with Crippen molar-refractivity contribution in [3.63, 3.8) is 0 Å². The van der Waals surface area contributed by atoms with E-state index in [1.165, 1.54) is 18.2 Å². The zero-order valence-electron chi connectivity index (χ0n) is 10.6. The molecule has 0 radical (unpaired) electrons. The number of nitrogens with zero attached hydrogens (tertiary/aromatic N) is 2. The summed E-state index contributed by atoms with van der Waals surface area (Å²) in [5, 5.41) is 17.3. The second-order valence-electron chi connectivity index (χ2n) is 3.86. The van der Waals surface area contributed by atoms with Crippen LogP contribution >= 0.6 is 0 Å². The van der Waals surface area contributed by atoms with E-state index < -0.39 is 11.8 Å². The molecular weight excluding hydrogens is 247 g/mol. The van der Waals surface area contributed by atoms with Crippen molar-refractivity contribution >= 4 is 17.7 Å². The fourth-order valence-corrected chi connectivity index (χ4v) is 1.74. The van der Waals surface area contributed by atoms with Crippen LogP contribution < -0.4 is 4.90 Å². The SMILES string of the molecule is CCN(CCC#N)c1ccc(F)cc1/C=C/C(=O)O. The summed E-state index contributed by atoms with van der Waals surface area (Å²) in [5.74, 6) is -1.51. The molecule has 1 aromatic rings. The van der Waals surface area contributed by atoms with Crippen LogP contribution in [0, 0.1) is 17.1 Å². The molecule has 0 unspecified atom stereocenters. The van der Waals surface area contributed by atoms with Crippen LogP contribution in [0.1, 0.15) is 18.9 Å². The van der Waals surface area contributed by atoms with Crippen LogP contribution in [0.3, 0.4) is 0 Å². The number of hydrogen-bond donors (Lipinski definition) is 1. The number of carboxylic acid groups (broad SMARTS) is 1. The van der Waals surface area contributed by atoms with Gasteiger partial charge in [-0.05, 0) is 31.2 Å². The van der Waals surface area contributed by atoms with Crippen molar-refractivity contribution < 1.29 is 14.3 Å². The minimum Gasteiger partial charge on any atom is -0.478 e. The standard InChI is InChI=1S/C14H15FN2O2/c1-2-17(9-3-8-16)13-6-5-12(15)10-11(13)4-7-14(18)19/h4-7,10H,2-3,9H2,1H3,(H,18,19)/b7-4+. The van der Waals surface area contributed by atoms with Gasteiger partial charge in [-0.25, -0.2) is 9.18 Å². The van der Waals surface area contributed by atoms with E-state index in [1.807, 2.05) is 11.8 Å². The average molecular weight is 262 g/mol. The molecule has 0 bridgehead atoms. The molecule has 0 aliphatic rings. The molecule has 0 aliphatic carbocycles. The topological polar surface area (TPSA) is 64.3 Å². The number of hydrogen-bond acceptors (Lipinski definition) is 3. The number of aliphatic carboxylic acids is 1. The van der Waals surface area contributed by atoms with Crippen molar-refractivity contribution in [2.24, 2.45) is 0 Å². The highest BCUT2D eigenvalue weighted by atomic mass is 19.1. The first-order valence-corrected chi connectivity index (χ1v) is 5.91. The minimum absolute atomic E-state index is 0.354. The number of halogens is 1. The van der Waals surface area contributed by atoms with E-state index in [2.05, 4.69) is 6.07 Å². The number of carboxylic acids is 1. The Bertz CT molecular complexity index is 521. The smallest absolute Gasteiger partial charge is 0.328 e. The Labute approximate surface area is 111 Å². The number of carbonyl (C=O) groups is 1. The van der Waals surface area contributed by atoms with Gasteiger partial charge in [-0.3, -0.25) is 0 Å². The first-order valence-electron chi connectivity index (χ1n) is 5.91. The van der Waals surface area contributed by atoms with Gasteiger partial charge in [0.05, 0.1) is 12.5 Å². The Morgan fingerprint density at radius 2 is 2.32 bits per heavy atom. The third kappa shape index (κ3) is 4.43. The highest BCUT2D eigenvalue weighted by Crippen LogP contribution is 2.23. The van der Waals surface area contributed by atoms with Crippen molar-refractivity contribution in [3.05, 3.63) is 35.7 Å². The van der Waals surface area contributed by atoms with Gasteiger partial charge in [0.1, 0.15) is 5.82 Å². The summed E-state index contributed by atoms with van der Waals surface area (Å²) in [4.78, 5) is 12.4. The molecular formula is C14H15FN2O2. The lowest BCUT2D eigenvalue weighted by molar-refractivity contribution is -0.131. The molecule has 0 aliphatic heterocycles. The number of nitriles is 1. The van der Waals surface area contributed by atoms with Crippen LogP contribution in [-0.4, -0.2) is 24.2 Å². The van der Waals surface area contributed by atoms with Crippen LogP contribution in [0.5, 0.6) is 0 Å². The monoisotopic (exact) mass is 262 g/mol. The van der Waals surface area contributed by atoms with E-state index in [-0.39, 0.29) is 0 Å². The van der Waals surface area contributed by atoms with Crippen molar-refractivity contribution in [1.29, 1.82) is 5.26 Å². The van der Waals surface area contributed by atoms with Gasteiger partial charge in [0.2, 0.25) is 0 Å². The third-order valence-electron chi connectivity index (χ3n) is 2.61. The summed E-state index contributed by atoms with van der Waals surface area (Å²) in [6.07, 6.45) is 2.68. The van der Waals surface area contributed by atoms with Gasteiger partial charge in [0, 0.05) is 30.4 Å². The maximum absolute atomic E-state index is 13.2. The Hall–Kier alpha value is -2.35. The van der Waals surface area contributed by atoms with Crippen LogP contribution in [0.4, 0.5) is 10.1 Å². The molecule has 0 fully saturated rings. The molecule has 0 amide bonds. The zero-order chi connectivity index (χ0) is 14.3. The molecule has 0 spiro atoms. The molecule has 0 atom stereocenters. The van der Waals surface area contributed by atoms with Gasteiger partial charge in [-0.15, -0.1) is 0 Å². The van der Waals surface area contributed by atoms with E-state index in [0.717, 1.165) is 11.8 Å². The average Bonchev–Trinajstić information content (AvgIpc) is 2.38. The highest BCUT2D eigenvalue weighted by molar-refractivity contribution is 5.87. The number of rotatable bonds is 6. The first kappa shape index (κ1) is 14.7. The molecule has 1 aromatic carbocycles. The van der Waals surface area contributed by atoms with Crippen LogP contribution in [-0.2, 0) is 4.79 Å². The van der Waals surface area contributed by atoms with Gasteiger partial charge in [0.15, 0.2) is 0 Å². The summed E-state index contributed by atoms with van der Waals surface area (Å²) in [5.41, 5.74) is 1.21. The molecule has 1 N–H and O–H groups in total. The van der Waals surface area contributed by atoms with Crippen molar-refractivity contribution in [2.75, 3.05) is 18.0 Å². The summed E-state index contributed by atoms with van der Waals surface area (Å²) in [7, 11) is 0. The predicted octanol–water partition coefficient (Wildman–Crippen LogP) is 2.66. The molecule has 5 heteroatoms. The molecule has 0 heterocycles. The van der Waals surface area contributed by atoms with Crippen molar-refractivity contribution in [2.45, 2.75) is 13.3 Å². The summed E-state index contributed by atoms with van der Waals surface area (Å²) < 4.78 is 13.2. The number of benzene rings is 1. The molecule has 100 valence electrons. The van der Waals surface area contributed by atoms with Gasteiger partial charge < -0.3 is 10.0 Å². The Morgan fingerprint density at radius 1 is 1.58 bits per heavy atom. The predicted molar refractivity (Wildman–Crippen MR) is 71.2 cm³/mol. The first-order chi connectivity index (χ1) is 9.08. The summed E-state index contributed by atoms with van der Waals surface area (Å²) in [6, 6.07) is 6.25. The fraction of sp³-hybridized carbons (Fsp3) is 0.286. The quantitative estimate of drug-likeness (QED) is 0.800. The lowest BCUT2D eigenvalue weighted by Crippen LogP contribution is -2.24. The molecule has 4 nitrogen and oxygen atoms in total. The Morgan fingerprint density at radius 3 is 2.89 bits per heavy atom. The van der Waals surface area contributed by atoms with Crippen molar-refractivity contribution in [1.82, 2.24) is 0 Å².